The Hall–Kier alpha value is -4.76. The van der Waals surface area contributed by atoms with Gasteiger partial charge in [0.15, 0.2) is 0 Å². The van der Waals surface area contributed by atoms with Crippen LogP contribution >= 0.6 is 11.6 Å². The SMILES string of the molecule is CCOC(=O)C1=C(COCC[NH3+])NC(C)=C(C(=O)OC)[C@H]1c1ccccc1Cl.CCOC(=O)[C@H](CCc1ccccc1)N[C@@H](C)C(=O)N1[C@H](C(=O)[O-])C[C@@H]2CCC[C@@H]21. The Bertz CT molecular complexity index is 1820. The molecule has 14 nitrogen and oxygen atoms in total. The first kappa shape index (κ1) is 45.9. The van der Waals surface area contributed by atoms with E-state index in [1.54, 1.807) is 52.0 Å². The van der Waals surface area contributed by atoms with Crippen LogP contribution in [0.15, 0.2) is 77.1 Å². The molecular formula is C43H57ClN4O10. The van der Waals surface area contributed by atoms with Crippen LogP contribution in [0.4, 0.5) is 0 Å². The van der Waals surface area contributed by atoms with Crippen molar-refractivity contribution in [3.63, 3.8) is 0 Å². The molecule has 1 aliphatic carbocycles. The lowest BCUT2D eigenvalue weighted by atomic mass is 9.80. The summed E-state index contributed by atoms with van der Waals surface area (Å²) in [7, 11) is 1.30. The molecule has 2 heterocycles. The molecule has 0 bridgehead atoms. The molecule has 2 aromatic carbocycles. The number of hydrogen-bond acceptors (Lipinski definition) is 12. The molecule has 0 aromatic heterocycles. The van der Waals surface area contributed by atoms with E-state index >= 15 is 0 Å². The maximum atomic E-state index is 13.2. The number of aryl methyl sites for hydroxylation is 1. The number of amides is 1. The van der Waals surface area contributed by atoms with Gasteiger partial charge in [0.25, 0.3) is 0 Å². The van der Waals surface area contributed by atoms with Crippen molar-refractivity contribution in [2.45, 2.75) is 96.3 Å². The van der Waals surface area contributed by atoms with Gasteiger partial charge in [-0.25, -0.2) is 9.59 Å². The molecule has 5 rings (SSSR count). The van der Waals surface area contributed by atoms with Crippen LogP contribution in [0.25, 0.3) is 0 Å². The number of aliphatic carboxylic acids is 1. The number of fused-ring (bicyclic) bond motifs is 1. The number of ether oxygens (including phenoxy) is 4. The number of nitrogens with one attached hydrogen (secondary N) is 2. The van der Waals surface area contributed by atoms with E-state index < -0.39 is 47.9 Å². The molecule has 2 fully saturated rings. The molecule has 15 heteroatoms. The maximum absolute atomic E-state index is 13.2. The van der Waals surface area contributed by atoms with E-state index in [2.05, 4.69) is 16.4 Å². The number of likely N-dealkylation sites (tertiary alicyclic amines) is 1. The zero-order valence-electron chi connectivity index (χ0n) is 34.1. The van der Waals surface area contributed by atoms with Crippen LogP contribution in [-0.2, 0) is 49.3 Å². The molecule has 5 N–H and O–H groups in total. The van der Waals surface area contributed by atoms with E-state index in [-0.39, 0.29) is 43.3 Å². The fourth-order valence-electron chi connectivity index (χ4n) is 8.02. The third-order valence-electron chi connectivity index (χ3n) is 10.6. The highest BCUT2D eigenvalue weighted by Gasteiger charge is 2.47. The molecule has 2 aromatic rings. The number of dihydropyridines is 1. The van der Waals surface area contributed by atoms with Crippen LogP contribution in [0.1, 0.15) is 76.8 Å². The van der Waals surface area contributed by atoms with Gasteiger partial charge in [0.1, 0.15) is 6.04 Å². The largest absolute Gasteiger partial charge is 0.548 e. The molecule has 1 amide bonds. The smallest absolute Gasteiger partial charge is 0.336 e. The van der Waals surface area contributed by atoms with Crippen LogP contribution in [0.2, 0.25) is 5.02 Å². The summed E-state index contributed by atoms with van der Waals surface area (Å²) in [5.74, 6) is -3.48. The summed E-state index contributed by atoms with van der Waals surface area (Å²) in [6.45, 7) is 8.54. The highest BCUT2D eigenvalue weighted by atomic mass is 35.5. The highest BCUT2D eigenvalue weighted by molar-refractivity contribution is 6.31. The lowest BCUT2D eigenvalue weighted by Gasteiger charge is -2.33. The van der Waals surface area contributed by atoms with Gasteiger partial charge in [-0.15, -0.1) is 0 Å². The van der Waals surface area contributed by atoms with E-state index in [1.807, 2.05) is 30.3 Å². The van der Waals surface area contributed by atoms with Crippen LogP contribution < -0.4 is 21.5 Å². The number of esters is 3. The molecule has 3 aliphatic rings. The van der Waals surface area contributed by atoms with Gasteiger partial charge in [-0.2, -0.15) is 0 Å². The Morgan fingerprint density at radius 3 is 2.31 bits per heavy atom. The molecule has 6 atom stereocenters. The number of rotatable bonds is 17. The molecule has 58 heavy (non-hydrogen) atoms. The van der Waals surface area contributed by atoms with Gasteiger partial charge in [0.2, 0.25) is 5.91 Å². The number of hydrogen-bond donors (Lipinski definition) is 3. The van der Waals surface area contributed by atoms with Crippen molar-refractivity contribution >= 4 is 41.4 Å². The summed E-state index contributed by atoms with van der Waals surface area (Å²) >= 11 is 6.43. The second kappa shape index (κ2) is 22.4. The van der Waals surface area contributed by atoms with Crippen molar-refractivity contribution in [2.75, 3.05) is 40.1 Å². The number of benzene rings is 2. The van der Waals surface area contributed by atoms with E-state index in [0.29, 0.717) is 60.0 Å². The lowest BCUT2D eigenvalue weighted by molar-refractivity contribution is -0.373. The summed E-state index contributed by atoms with van der Waals surface area (Å²) in [6.07, 6.45) is 4.37. The van der Waals surface area contributed by atoms with Gasteiger partial charge in [-0.3, -0.25) is 14.9 Å². The molecule has 2 aliphatic heterocycles. The van der Waals surface area contributed by atoms with Crippen molar-refractivity contribution in [1.82, 2.24) is 15.5 Å². The normalized spacial score (nSPS) is 20.9. The molecule has 0 unspecified atom stereocenters. The predicted molar refractivity (Wildman–Crippen MR) is 213 cm³/mol. The Kier molecular flexibility index (Phi) is 17.7. The average molecular weight is 825 g/mol. The summed E-state index contributed by atoms with van der Waals surface area (Å²) in [6, 6.07) is 14.6. The van der Waals surface area contributed by atoms with Crippen molar-refractivity contribution in [1.29, 1.82) is 0 Å². The first-order chi connectivity index (χ1) is 27.9. The number of halogens is 1. The fourth-order valence-corrected chi connectivity index (χ4v) is 8.26. The number of carbonyl (C=O) groups excluding carboxylic acids is 5. The standard InChI is InChI=1S/C23H32N2O5.C20H25ClN2O5/c1-3-30-23(29)18(13-12-16-8-5-4-6-9-16)24-15(2)21(26)25-19-11-7-10-17(19)14-20(25)22(27)28;1-4-28-20(25)18-15(11-27-10-9-22)23-12(2)16(19(24)26-3)17(18)13-7-5-6-8-14(13)21/h4-6,8-9,15,17-20,24H,3,7,10-14H2,1-2H3,(H,27,28);5-8,17,23H,4,9-11,22H2,1-3H3/t15-,17-,18-,19-,20-;17-/m01/s1. The third-order valence-corrected chi connectivity index (χ3v) is 11.0. The quantitative estimate of drug-likeness (QED) is 0.120. The Balaban J connectivity index is 0.000000257. The first-order valence-corrected chi connectivity index (χ1v) is 20.3. The van der Waals surface area contributed by atoms with E-state index in [9.17, 15) is 29.1 Å². The minimum absolute atomic E-state index is 0.0463. The average Bonchev–Trinajstić information content (AvgIpc) is 3.82. The summed E-state index contributed by atoms with van der Waals surface area (Å²) < 4.78 is 21.1. The van der Waals surface area contributed by atoms with E-state index in [4.69, 9.17) is 30.5 Å². The zero-order chi connectivity index (χ0) is 42.4. The Labute approximate surface area is 345 Å². The summed E-state index contributed by atoms with van der Waals surface area (Å²) in [4.78, 5) is 64.3. The minimum atomic E-state index is -1.20. The van der Waals surface area contributed by atoms with Crippen LogP contribution in [0.5, 0.6) is 0 Å². The van der Waals surface area contributed by atoms with Gasteiger partial charge >= 0.3 is 17.9 Å². The maximum Gasteiger partial charge on any atom is 0.336 e. The van der Waals surface area contributed by atoms with Crippen LogP contribution in [0, 0.1) is 5.92 Å². The van der Waals surface area contributed by atoms with E-state index in [0.717, 1.165) is 24.8 Å². The second-order valence-electron chi connectivity index (χ2n) is 14.4. The second-order valence-corrected chi connectivity index (χ2v) is 14.8. The molecule has 1 saturated heterocycles. The topological polar surface area (TPSA) is 200 Å². The van der Waals surface area contributed by atoms with Crippen molar-refractivity contribution in [3.8, 4) is 0 Å². The fraction of sp³-hybridized carbons (Fsp3) is 0.512. The Morgan fingerprint density at radius 2 is 1.67 bits per heavy atom. The van der Waals surface area contributed by atoms with Gasteiger partial charge in [0.05, 0.1) is 80.9 Å². The number of allylic oxidation sites excluding steroid dienone is 1. The van der Waals surface area contributed by atoms with Gasteiger partial charge in [0, 0.05) is 16.8 Å². The number of methoxy groups -OCH3 is 1. The van der Waals surface area contributed by atoms with Crippen molar-refractivity contribution < 1.29 is 53.8 Å². The predicted octanol–water partition coefficient (Wildman–Crippen LogP) is 2.60. The van der Waals surface area contributed by atoms with Crippen LogP contribution in [-0.4, -0.2) is 98.9 Å². The monoisotopic (exact) mass is 824 g/mol. The highest BCUT2D eigenvalue weighted by Crippen LogP contribution is 2.43. The Morgan fingerprint density at radius 1 is 0.983 bits per heavy atom. The number of carbonyl (C=O) groups is 5. The van der Waals surface area contributed by atoms with Crippen LogP contribution in [0.3, 0.4) is 0 Å². The van der Waals surface area contributed by atoms with Gasteiger partial charge < -0.3 is 44.8 Å². The first-order valence-electron chi connectivity index (χ1n) is 19.9. The number of quaternary nitrogens is 1. The number of nitrogens with zero attached hydrogens (tertiary/aromatic N) is 1. The third kappa shape index (κ3) is 11.5. The summed E-state index contributed by atoms with van der Waals surface area (Å²) in [5.41, 5.74) is 7.14. The van der Waals surface area contributed by atoms with Crippen molar-refractivity contribution in [3.05, 3.63) is 93.3 Å². The van der Waals surface area contributed by atoms with Crippen molar-refractivity contribution in [2.24, 2.45) is 5.92 Å². The molecule has 316 valence electrons. The lowest BCUT2D eigenvalue weighted by Crippen LogP contribution is -2.57. The molecular weight excluding hydrogens is 768 g/mol. The molecule has 0 spiro atoms. The molecule has 0 radical (unpaired) electrons. The number of carboxylic acids is 1. The molecule has 1 saturated carbocycles. The van der Waals surface area contributed by atoms with E-state index in [1.165, 1.54) is 12.0 Å². The van der Waals surface area contributed by atoms with Gasteiger partial charge in [-0.1, -0.05) is 66.6 Å². The zero-order valence-corrected chi connectivity index (χ0v) is 34.8. The number of carboxylic acid groups (broad SMARTS) is 1. The summed E-state index contributed by atoms with van der Waals surface area (Å²) in [5, 5.41) is 18.3. The minimum Gasteiger partial charge on any atom is -0.548 e. The van der Waals surface area contributed by atoms with Gasteiger partial charge in [-0.05, 0) is 82.9 Å².